The van der Waals surface area contributed by atoms with Gasteiger partial charge in [-0.3, -0.25) is 4.79 Å². The summed E-state index contributed by atoms with van der Waals surface area (Å²) in [6.45, 7) is 5.54. The minimum atomic E-state index is -0.000162. The van der Waals surface area contributed by atoms with Crippen molar-refractivity contribution < 1.29 is 9.59 Å². The largest absolute Gasteiger partial charge is 0.342 e. The molecule has 2 aliphatic heterocycles. The number of carbonyl (C=O) groups is 2. The first kappa shape index (κ1) is 18.3. The van der Waals surface area contributed by atoms with E-state index in [1.54, 1.807) is 0 Å². The molecule has 0 unspecified atom stereocenters. The van der Waals surface area contributed by atoms with E-state index < -0.39 is 0 Å². The van der Waals surface area contributed by atoms with Crippen molar-refractivity contribution in [1.29, 1.82) is 0 Å². The molecule has 1 aromatic carbocycles. The van der Waals surface area contributed by atoms with Crippen LogP contribution in [0.1, 0.15) is 51.0 Å². The minimum absolute atomic E-state index is 0.000162. The number of nitrogens with one attached hydrogen (secondary N) is 1. The van der Waals surface area contributed by atoms with Gasteiger partial charge in [0, 0.05) is 38.3 Å². The first-order valence-electron chi connectivity index (χ1n) is 10.5. The van der Waals surface area contributed by atoms with E-state index in [9.17, 15) is 9.59 Å². The van der Waals surface area contributed by atoms with E-state index in [4.69, 9.17) is 0 Å². The van der Waals surface area contributed by atoms with Crippen LogP contribution >= 0.6 is 0 Å². The van der Waals surface area contributed by atoms with Crippen LogP contribution in [-0.2, 0) is 11.2 Å². The Morgan fingerprint density at radius 1 is 1.22 bits per heavy atom. The molecule has 1 aliphatic carbocycles. The van der Waals surface area contributed by atoms with Crippen LogP contribution in [0.5, 0.6) is 0 Å². The van der Waals surface area contributed by atoms with E-state index in [0.29, 0.717) is 12.3 Å². The summed E-state index contributed by atoms with van der Waals surface area (Å²) in [5, 5.41) is 3.05. The van der Waals surface area contributed by atoms with Crippen molar-refractivity contribution in [3.8, 4) is 0 Å². The second kappa shape index (κ2) is 7.53. The summed E-state index contributed by atoms with van der Waals surface area (Å²) in [5.41, 5.74) is 2.33. The lowest BCUT2D eigenvalue weighted by atomic mass is 9.72. The van der Waals surface area contributed by atoms with Gasteiger partial charge in [0.2, 0.25) is 5.91 Å². The number of hydrogen-bond donors (Lipinski definition) is 1. The van der Waals surface area contributed by atoms with E-state index in [1.165, 1.54) is 18.4 Å². The number of piperidine rings is 2. The molecule has 3 fully saturated rings. The van der Waals surface area contributed by atoms with Gasteiger partial charge >= 0.3 is 6.03 Å². The van der Waals surface area contributed by atoms with Gasteiger partial charge in [0.1, 0.15) is 0 Å². The lowest BCUT2D eigenvalue weighted by molar-refractivity contribution is -0.139. The average Bonchev–Trinajstić information content (AvgIpc) is 3.50. The van der Waals surface area contributed by atoms with Gasteiger partial charge in [0.25, 0.3) is 0 Å². The molecule has 1 spiro atoms. The van der Waals surface area contributed by atoms with Crippen molar-refractivity contribution in [2.45, 2.75) is 51.9 Å². The van der Waals surface area contributed by atoms with Crippen molar-refractivity contribution in [2.24, 2.45) is 11.3 Å². The fourth-order valence-electron chi connectivity index (χ4n) is 4.54. The van der Waals surface area contributed by atoms with Gasteiger partial charge in [-0.05, 0) is 67.6 Å². The predicted molar refractivity (Wildman–Crippen MR) is 107 cm³/mol. The minimum Gasteiger partial charge on any atom is -0.342 e. The van der Waals surface area contributed by atoms with E-state index in [2.05, 4.69) is 23.2 Å². The van der Waals surface area contributed by atoms with Crippen LogP contribution in [0.2, 0.25) is 0 Å². The Morgan fingerprint density at radius 2 is 2.00 bits per heavy atom. The standard InChI is InChI=1S/C22H31N3O2/c1-2-17-4-3-5-19(14-17)23-21(27)24-12-10-22(11-13-24)9-8-20(26)25(16-22)15-18-6-7-18/h3-5,14,18H,2,6-13,15-16H2,1H3,(H,23,27). The third-order valence-corrected chi connectivity index (χ3v) is 6.62. The van der Waals surface area contributed by atoms with E-state index in [1.807, 2.05) is 23.1 Å². The average molecular weight is 370 g/mol. The van der Waals surface area contributed by atoms with Gasteiger partial charge in [0.15, 0.2) is 0 Å². The summed E-state index contributed by atoms with van der Waals surface area (Å²) in [7, 11) is 0. The third-order valence-electron chi connectivity index (χ3n) is 6.62. The number of nitrogens with zero attached hydrogens (tertiary/aromatic N) is 2. The summed E-state index contributed by atoms with van der Waals surface area (Å²) in [4.78, 5) is 29.0. The van der Waals surface area contributed by atoms with Crippen LogP contribution in [0.15, 0.2) is 24.3 Å². The Kier molecular flexibility index (Phi) is 5.11. The van der Waals surface area contributed by atoms with Gasteiger partial charge in [-0.25, -0.2) is 4.79 Å². The number of rotatable bonds is 4. The fourth-order valence-corrected chi connectivity index (χ4v) is 4.54. The topological polar surface area (TPSA) is 52.7 Å². The molecule has 1 aromatic rings. The predicted octanol–water partition coefficient (Wildman–Crippen LogP) is 3.90. The zero-order chi connectivity index (χ0) is 18.9. The molecule has 1 N–H and O–H groups in total. The molecule has 146 valence electrons. The fraction of sp³-hybridized carbons (Fsp3) is 0.636. The van der Waals surface area contributed by atoms with E-state index in [0.717, 1.165) is 63.5 Å². The van der Waals surface area contributed by atoms with Gasteiger partial charge in [-0.15, -0.1) is 0 Å². The maximum Gasteiger partial charge on any atom is 0.321 e. The highest BCUT2D eigenvalue weighted by atomic mass is 16.2. The van der Waals surface area contributed by atoms with Crippen LogP contribution in [0.3, 0.4) is 0 Å². The molecule has 5 heteroatoms. The highest BCUT2D eigenvalue weighted by Crippen LogP contribution is 2.41. The number of likely N-dealkylation sites (tertiary alicyclic amines) is 2. The SMILES string of the molecule is CCc1cccc(NC(=O)N2CCC3(CCC(=O)N(CC4CC4)C3)CC2)c1. The number of anilines is 1. The summed E-state index contributed by atoms with van der Waals surface area (Å²) >= 11 is 0. The van der Waals surface area contributed by atoms with Gasteiger partial charge in [-0.1, -0.05) is 19.1 Å². The van der Waals surface area contributed by atoms with Crippen molar-refractivity contribution >= 4 is 17.6 Å². The van der Waals surface area contributed by atoms with Gasteiger partial charge in [-0.2, -0.15) is 0 Å². The second-order valence-corrected chi connectivity index (χ2v) is 8.69. The highest BCUT2D eigenvalue weighted by molar-refractivity contribution is 5.89. The molecule has 2 heterocycles. The third kappa shape index (κ3) is 4.28. The number of aryl methyl sites for hydroxylation is 1. The summed E-state index contributed by atoms with van der Waals surface area (Å²) in [5.74, 6) is 1.08. The van der Waals surface area contributed by atoms with Crippen molar-refractivity contribution in [1.82, 2.24) is 9.80 Å². The smallest absolute Gasteiger partial charge is 0.321 e. The van der Waals surface area contributed by atoms with Crippen molar-refractivity contribution in [3.63, 3.8) is 0 Å². The molecule has 1 saturated carbocycles. The molecule has 5 nitrogen and oxygen atoms in total. The maximum atomic E-state index is 12.7. The zero-order valence-corrected chi connectivity index (χ0v) is 16.4. The summed E-state index contributed by atoms with van der Waals surface area (Å²) in [6.07, 6.45) is 7.21. The van der Waals surface area contributed by atoms with Gasteiger partial charge < -0.3 is 15.1 Å². The Hall–Kier alpha value is -2.04. The lowest BCUT2D eigenvalue weighted by Crippen LogP contribution is -2.53. The van der Waals surface area contributed by atoms with Crippen LogP contribution in [0.25, 0.3) is 0 Å². The monoisotopic (exact) mass is 369 g/mol. The van der Waals surface area contributed by atoms with Crippen LogP contribution in [0.4, 0.5) is 10.5 Å². The maximum absolute atomic E-state index is 12.7. The molecule has 3 amide bonds. The van der Waals surface area contributed by atoms with Crippen molar-refractivity contribution in [3.05, 3.63) is 29.8 Å². The molecule has 27 heavy (non-hydrogen) atoms. The highest BCUT2D eigenvalue weighted by Gasteiger charge is 2.42. The number of benzene rings is 1. The second-order valence-electron chi connectivity index (χ2n) is 8.69. The van der Waals surface area contributed by atoms with E-state index >= 15 is 0 Å². The summed E-state index contributed by atoms with van der Waals surface area (Å²) < 4.78 is 0. The first-order chi connectivity index (χ1) is 13.1. The molecular weight excluding hydrogens is 338 g/mol. The number of amides is 3. The first-order valence-corrected chi connectivity index (χ1v) is 10.5. The number of hydrogen-bond acceptors (Lipinski definition) is 2. The Bertz CT molecular complexity index is 705. The molecule has 2 saturated heterocycles. The Labute approximate surface area is 162 Å². The molecule has 0 atom stereocenters. The molecule has 0 aromatic heterocycles. The molecule has 0 bridgehead atoms. The Balaban J connectivity index is 1.32. The van der Waals surface area contributed by atoms with Crippen LogP contribution < -0.4 is 5.32 Å². The molecule has 4 rings (SSSR count). The lowest BCUT2D eigenvalue weighted by Gasteiger charge is -2.47. The molecular formula is C22H31N3O2. The quantitative estimate of drug-likeness (QED) is 0.875. The Morgan fingerprint density at radius 3 is 2.70 bits per heavy atom. The molecule has 3 aliphatic rings. The van der Waals surface area contributed by atoms with Crippen LogP contribution in [-0.4, -0.2) is 47.9 Å². The van der Waals surface area contributed by atoms with E-state index in [-0.39, 0.29) is 11.4 Å². The number of urea groups is 1. The zero-order valence-electron chi connectivity index (χ0n) is 16.4. The van der Waals surface area contributed by atoms with Gasteiger partial charge in [0.05, 0.1) is 0 Å². The number of carbonyl (C=O) groups excluding carboxylic acids is 2. The summed E-state index contributed by atoms with van der Waals surface area (Å²) in [6, 6.07) is 8.07. The van der Waals surface area contributed by atoms with Crippen molar-refractivity contribution in [2.75, 3.05) is 31.5 Å². The molecule has 0 radical (unpaired) electrons. The normalized spacial score (nSPS) is 22.2. The van der Waals surface area contributed by atoms with Crippen LogP contribution in [0, 0.1) is 11.3 Å².